The maximum Gasteiger partial charge on any atom is 0.139 e. The van der Waals surface area contributed by atoms with E-state index in [0.717, 1.165) is 39.7 Å². The second-order valence-corrected chi connectivity index (χ2v) is 6.90. The lowest BCUT2D eigenvalue weighted by molar-refractivity contribution is 0.482. The first-order chi connectivity index (χ1) is 14.8. The van der Waals surface area contributed by atoms with Crippen LogP contribution >= 0.6 is 0 Å². The van der Waals surface area contributed by atoms with E-state index in [1.54, 1.807) is 12.4 Å². The van der Waals surface area contributed by atoms with Crippen molar-refractivity contribution in [2.24, 2.45) is 7.05 Å². The molecule has 0 fully saturated rings. The highest BCUT2D eigenvalue weighted by atomic mass is 16.5. The predicted octanol–water partition coefficient (Wildman–Crippen LogP) is 5.13. The lowest BCUT2D eigenvalue weighted by atomic mass is 10.2. The number of imidazole rings is 1. The highest BCUT2D eigenvalue weighted by molar-refractivity contribution is 5.61. The summed E-state index contributed by atoms with van der Waals surface area (Å²) in [6, 6.07) is 19.7. The molecule has 6 heteroatoms. The Balaban J connectivity index is 1.40. The number of nitrogens with zero attached hydrogens (tertiary/aromatic N) is 5. The van der Waals surface area contributed by atoms with Gasteiger partial charge in [0.05, 0.1) is 11.9 Å². The van der Waals surface area contributed by atoms with E-state index in [1.807, 2.05) is 102 Å². The van der Waals surface area contributed by atoms with Gasteiger partial charge in [-0.25, -0.2) is 9.67 Å². The third-order valence-electron chi connectivity index (χ3n) is 4.81. The van der Waals surface area contributed by atoms with E-state index in [0.29, 0.717) is 0 Å². The second-order valence-electron chi connectivity index (χ2n) is 6.90. The molecule has 5 aromatic rings. The molecule has 0 bridgehead atoms. The summed E-state index contributed by atoms with van der Waals surface area (Å²) < 4.78 is 9.94. The van der Waals surface area contributed by atoms with E-state index in [9.17, 15) is 0 Å². The van der Waals surface area contributed by atoms with Crippen LogP contribution in [0, 0.1) is 0 Å². The average molecular weight is 393 g/mol. The zero-order valence-electron chi connectivity index (χ0n) is 16.4. The summed E-state index contributed by atoms with van der Waals surface area (Å²) in [5.74, 6) is 2.39. The monoisotopic (exact) mass is 393 g/mol. The van der Waals surface area contributed by atoms with Gasteiger partial charge in [0.1, 0.15) is 17.3 Å². The highest BCUT2D eigenvalue weighted by Gasteiger charge is 2.07. The predicted molar refractivity (Wildman–Crippen MR) is 116 cm³/mol. The molecule has 146 valence electrons. The van der Waals surface area contributed by atoms with Gasteiger partial charge in [0, 0.05) is 60.8 Å². The molecular weight excluding hydrogens is 374 g/mol. The van der Waals surface area contributed by atoms with Crippen LogP contribution in [0.5, 0.6) is 11.5 Å². The minimum Gasteiger partial charge on any atom is -0.457 e. The van der Waals surface area contributed by atoms with Crippen LogP contribution in [0.25, 0.3) is 28.2 Å². The molecule has 6 nitrogen and oxygen atoms in total. The van der Waals surface area contributed by atoms with Crippen molar-refractivity contribution in [1.29, 1.82) is 0 Å². The van der Waals surface area contributed by atoms with E-state index < -0.39 is 0 Å². The van der Waals surface area contributed by atoms with Crippen molar-refractivity contribution < 1.29 is 4.74 Å². The Morgan fingerprint density at radius 2 is 1.63 bits per heavy atom. The first kappa shape index (κ1) is 17.9. The molecule has 5 rings (SSSR count). The molecule has 0 spiro atoms. The standard InChI is InChI=1S/C24H19N5O/c1-28-12-11-26-24(28)18-5-2-8-22(13-18)30-23-9-3-7-21(14-23)29-17-20(16-27-29)19-6-4-10-25-15-19/h2-17H,1H3. The molecule has 0 unspecified atom stereocenters. The van der Waals surface area contributed by atoms with Gasteiger partial charge in [0.2, 0.25) is 0 Å². The Kier molecular flexibility index (Phi) is 4.57. The molecule has 0 aliphatic heterocycles. The van der Waals surface area contributed by atoms with E-state index in [-0.39, 0.29) is 0 Å². The molecule has 0 atom stereocenters. The van der Waals surface area contributed by atoms with Crippen LogP contribution in [-0.4, -0.2) is 24.3 Å². The molecule has 0 aliphatic carbocycles. The number of benzene rings is 2. The zero-order chi connectivity index (χ0) is 20.3. The molecule has 0 saturated heterocycles. The van der Waals surface area contributed by atoms with Crippen LogP contribution in [0.3, 0.4) is 0 Å². The summed E-state index contributed by atoms with van der Waals surface area (Å²) in [5.41, 5.74) is 3.96. The molecular formula is C24H19N5O. The van der Waals surface area contributed by atoms with Gasteiger partial charge < -0.3 is 9.30 Å². The Hall–Kier alpha value is -4.19. The van der Waals surface area contributed by atoms with Gasteiger partial charge >= 0.3 is 0 Å². The lowest BCUT2D eigenvalue weighted by Gasteiger charge is -2.09. The van der Waals surface area contributed by atoms with Crippen LogP contribution in [0.2, 0.25) is 0 Å². The number of aryl methyl sites for hydroxylation is 1. The van der Waals surface area contributed by atoms with Gasteiger partial charge in [-0.15, -0.1) is 0 Å². The van der Waals surface area contributed by atoms with Gasteiger partial charge in [-0.3, -0.25) is 4.98 Å². The van der Waals surface area contributed by atoms with Crippen LogP contribution in [0.4, 0.5) is 0 Å². The summed E-state index contributed by atoms with van der Waals surface area (Å²) in [6.45, 7) is 0. The molecule has 30 heavy (non-hydrogen) atoms. The average Bonchev–Trinajstić information content (AvgIpc) is 3.44. The third kappa shape index (κ3) is 3.58. The SMILES string of the molecule is Cn1ccnc1-c1cccc(Oc2cccc(-n3cc(-c4cccnc4)cn3)c2)c1. The molecule has 3 aromatic heterocycles. The van der Waals surface area contributed by atoms with E-state index in [1.165, 1.54) is 0 Å². The van der Waals surface area contributed by atoms with Gasteiger partial charge in [-0.2, -0.15) is 5.10 Å². The van der Waals surface area contributed by atoms with Crippen molar-refractivity contribution in [3.8, 4) is 39.7 Å². The fourth-order valence-electron chi connectivity index (χ4n) is 3.31. The maximum absolute atomic E-state index is 6.12. The van der Waals surface area contributed by atoms with Crippen molar-refractivity contribution in [3.63, 3.8) is 0 Å². The number of rotatable bonds is 5. The molecule has 0 aliphatic rings. The van der Waals surface area contributed by atoms with Crippen molar-refractivity contribution in [1.82, 2.24) is 24.3 Å². The summed E-state index contributed by atoms with van der Waals surface area (Å²) in [5, 5.41) is 4.49. The number of pyridine rings is 1. The quantitative estimate of drug-likeness (QED) is 0.415. The van der Waals surface area contributed by atoms with Crippen molar-refractivity contribution in [2.75, 3.05) is 0 Å². The van der Waals surface area contributed by atoms with Gasteiger partial charge in [0.25, 0.3) is 0 Å². The van der Waals surface area contributed by atoms with Gasteiger partial charge in [-0.1, -0.05) is 24.3 Å². The smallest absolute Gasteiger partial charge is 0.139 e. The second kappa shape index (κ2) is 7.67. The number of ether oxygens (including phenoxy) is 1. The number of hydrogen-bond donors (Lipinski definition) is 0. The largest absolute Gasteiger partial charge is 0.457 e. The van der Waals surface area contributed by atoms with Crippen LogP contribution in [-0.2, 0) is 7.05 Å². The number of hydrogen-bond acceptors (Lipinski definition) is 4. The van der Waals surface area contributed by atoms with Crippen molar-refractivity contribution in [3.05, 3.63) is 97.8 Å². The van der Waals surface area contributed by atoms with E-state index in [4.69, 9.17) is 4.74 Å². The molecule has 2 aromatic carbocycles. The highest BCUT2D eigenvalue weighted by Crippen LogP contribution is 2.28. The fourth-order valence-corrected chi connectivity index (χ4v) is 3.31. The molecule has 0 amide bonds. The summed E-state index contributed by atoms with van der Waals surface area (Å²) >= 11 is 0. The lowest BCUT2D eigenvalue weighted by Crippen LogP contribution is -1.95. The minimum atomic E-state index is 0.739. The third-order valence-corrected chi connectivity index (χ3v) is 4.81. The van der Waals surface area contributed by atoms with Crippen LogP contribution in [0.15, 0.2) is 97.8 Å². The number of aromatic nitrogens is 5. The van der Waals surface area contributed by atoms with Crippen molar-refractivity contribution in [2.45, 2.75) is 0 Å². The summed E-state index contributed by atoms with van der Waals surface area (Å²) in [6.07, 6.45) is 11.1. The van der Waals surface area contributed by atoms with Crippen LogP contribution in [0.1, 0.15) is 0 Å². The van der Waals surface area contributed by atoms with E-state index in [2.05, 4.69) is 15.1 Å². The molecule has 0 N–H and O–H groups in total. The summed E-state index contributed by atoms with van der Waals surface area (Å²) in [4.78, 5) is 8.58. The molecule has 0 radical (unpaired) electrons. The summed E-state index contributed by atoms with van der Waals surface area (Å²) in [7, 11) is 1.98. The molecule has 3 heterocycles. The Morgan fingerprint density at radius 1 is 0.800 bits per heavy atom. The van der Waals surface area contributed by atoms with Crippen molar-refractivity contribution >= 4 is 0 Å². The Bertz CT molecular complexity index is 1290. The van der Waals surface area contributed by atoms with Gasteiger partial charge in [0.15, 0.2) is 0 Å². The fraction of sp³-hybridized carbons (Fsp3) is 0.0417. The first-order valence-electron chi connectivity index (χ1n) is 9.57. The van der Waals surface area contributed by atoms with Gasteiger partial charge in [-0.05, 0) is 30.3 Å². The first-order valence-corrected chi connectivity index (χ1v) is 9.57. The minimum absolute atomic E-state index is 0.739. The topological polar surface area (TPSA) is 57.8 Å². The zero-order valence-corrected chi connectivity index (χ0v) is 16.4. The molecule has 0 saturated carbocycles. The Labute approximate surface area is 174 Å². The Morgan fingerprint density at radius 3 is 2.43 bits per heavy atom. The normalized spacial score (nSPS) is 10.8. The maximum atomic E-state index is 6.12. The van der Waals surface area contributed by atoms with Crippen LogP contribution < -0.4 is 4.74 Å². The van der Waals surface area contributed by atoms with E-state index >= 15 is 0 Å².